The predicted molar refractivity (Wildman–Crippen MR) is 81.5 cm³/mol. The first kappa shape index (κ1) is 14.7. The molecule has 0 aliphatic rings. The van der Waals surface area contributed by atoms with Crippen molar-refractivity contribution >= 4 is 17.5 Å². The van der Waals surface area contributed by atoms with Gasteiger partial charge in [-0.05, 0) is 18.6 Å². The molecule has 2 rings (SSSR count). The monoisotopic (exact) mass is 293 g/mol. The number of nitrogens with one attached hydrogen (secondary N) is 1. The van der Waals surface area contributed by atoms with Crippen molar-refractivity contribution in [1.29, 1.82) is 0 Å². The summed E-state index contributed by atoms with van der Waals surface area (Å²) in [5, 5.41) is 3.29. The molecule has 20 heavy (non-hydrogen) atoms. The van der Waals surface area contributed by atoms with Gasteiger partial charge in [0, 0.05) is 19.2 Å². The van der Waals surface area contributed by atoms with Crippen molar-refractivity contribution in [3.63, 3.8) is 0 Å². The van der Waals surface area contributed by atoms with Crippen molar-refractivity contribution in [1.82, 2.24) is 8.75 Å². The van der Waals surface area contributed by atoms with Gasteiger partial charge in [0.1, 0.15) is 18.1 Å². The van der Waals surface area contributed by atoms with Crippen LogP contribution in [0, 0.1) is 0 Å². The number of anilines is 1. The van der Waals surface area contributed by atoms with Crippen molar-refractivity contribution in [3.8, 4) is 17.0 Å². The van der Waals surface area contributed by atoms with Gasteiger partial charge in [0.05, 0.1) is 18.3 Å². The second-order valence-electron chi connectivity index (χ2n) is 4.23. The first-order valence-corrected chi connectivity index (χ1v) is 7.37. The molecule has 0 aliphatic carbocycles. The van der Waals surface area contributed by atoms with Crippen molar-refractivity contribution < 1.29 is 9.47 Å². The van der Waals surface area contributed by atoms with Gasteiger partial charge in [-0.2, -0.15) is 8.75 Å². The lowest BCUT2D eigenvalue weighted by atomic mass is 10.1. The number of rotatable bonds is 8. The minimum absolute atomic E-state index is 0.517. The predicted octanol–water partition coefficient (Wildman–Crippen LogP) is 3.05. The van der Waals surface area contributed by atoms with Gasteiger partial charge < -0.3 is 14.8 Å². The van der Waals surface area contributed by atoms with E-state index in [-0.39, 0.29) is 0 Å². The zero-order chi connectivity index (χ0) is 14.2. The fraction of sp³-hybridized carbons (Fsp3) is 0.429. The average Bonchev–Trinajstić information content (AvgIpc) is 2.94. The van der Waals surface area contributed by atoms with E-state index in [1.165, 1.54) is 11.7 Å². The summed E-state index contributed by atoms with van der Waals surface area (Å²) in [5.74, 6) is 1.62. The second kappa shape index (κ2) is 7.81. The van der Waals surface area contributed by atoms with Gasteiger partial charge in [0.15, 0.2) is 5.82 Å². The van der Waals surface area contributed by atoms with Crippen molar-refractivity contribution in [2.45, 2.75) is 13.3 Å². The highest BCUT2D eigenvalue weighted by Crippen LogP contribution is 2.33. The van der Waals surface area contributed by atoms with E-state index in [0.717, 1.165) is 35.8 Å². The molecule has 1 N–H and O–H groups in total. The Bertz CT molecular complexity index is 531. The van der Waals surface area contributed by atoms with E-state index >= 15 is 0 Å². The summed E-state index contributed by atoms with van der Waals surface area (Å²) < 4.78 is 19.4. The lowest BCUT2D eigenvalue weighted by Crippen LogP contribution is -2.06. The Morgan fingerprint density at radius 3 is 2.85 bits per heavy atom. The number of aromatic nitrogens is 2. The van der Waals surface area contributed by atoms with Crippen LogP contribution in [0.4, 0.5) is 5.82 Å². The second-order valence-corrected chi connectivity index (χ2v) is 4.75. The molecule has 1 aromatic carbocycles. The number of hydrogen-bond acceptors (Lipinski definition) is 6. The fourth-order valence-electron chi connectivity index (χ4n) is 1.75. The lowest BCUT2D eigenvalue weighted by molar-refractivity contribution is 0.146. The zero-order valence-corrected chi connectivity index (χ0v) is 12.6. The van der Waals surface area contributed by atoms with Crippen LogP contribution in [0.3, 0.4) is 0 Å². The summed E-state index contributed by atoms with van der Waals surface area (Å²) in [6, 6.07) is 7.86. The minimum atomic E-state index is 0.517. The van der Waals surface area contributed by atoms with E-state index in [4.69, 9.17) is 9.47 Å². The molecule has 0 aliphatic heterocycles. The van der Waals surface area contributed by atoms with Gasteiger partial charge >= 0.3 is 0 Å². The topological polar surface area (TPSA) is 56.3 Å². The van der Waals surface area contributed by atoms with Crippen LogP contribution in [-0.4, -0.2) is 35.6 Å². The third-order valence-corrected chi connectivity index (χ3v) is 3.25. The SMILES string of the molecule is CCCNc1nsnc1-c1ccccc1OCCOC. The Morgan fingerprint density at radius 2 is 2.05 bits per heavy atom. The molecule has 0 bridgehead atoms. The molecule has 6 heteroatoms. The van der Waals surface area contributed by atoms with Crippen molar-refractivity contribution in [2.75, 3.05) is 32.2 Å². The number of hydrogen-bond donors (Lipinski definition) is 1. The summed E-state index contributed by atoms with van der Waals surface area (Å²) in [5.41, 5.74) is 1.80. The molecule has 1 heterocycles. The quantitative estimate of drug-likeness (QED) is 0.758. The smallest absolute Gasteiger partial charge is 0.168 e. The fourth-order valence-corrected chi connectivity index (χ4v) is 2.29. The van der Waals surface area contributed by atoms with E-state index in [1.807, 2.05) is 24.3 Å². The summed E-state index contributed by atoms with van der Waals surface area (Å²) in [4.78, 5) is 0. The third kappa shape index (κ3) is 3.68. The van der Waals surface area contributed by atoms with Crippen LogP contribution in [0.5, 0.6) is 5.75 Å². The average molecular weight is 293 g/mol. The molecule has 0 fully saturated rings. The minimum Gasteiger partial charge on any atom is -0.490 e. The first-order chi connectivity index (χ1) is 9.86. The van der Waals surface area contributed by atoms with E-state index in [9.17, 15) is 0 Å². The Hall–Kier alpha value is -1.66. The van der Waals surface area contributed by atoms with Gasteiger partial charge in [0.2, 0.25) is 0 Å². The van der Waals surface area contributed by atoms with Crippen LogP contribution in [0.25, 0.3) is 11.3 Å². The van der Waals surface area contributed by atoms with Gasteiger partial charge in [-0.25, -0.2) is 0 Å². The highest BCUT2D eigenvalue weighted by atomic mass is 32.1. The standard InChI is InChI=1S/C14H19N3O2S/c1-3-8-15-14-13(16-20-17-14)11-6-4-5-7-12(11)19-10-9-18-2/h4-7H,3,8-10H2,1-2H3,(H,15,17). The maximum atomic E-state index is 5.74. The highest BCUT2D eigenvalue weighted by molar-refractivity contribution is 6.99. The van der Waals surface area contributed by atoms with Gasteiger partial charge in [0.25, 0.3) is 0 Å². The molecule has 1 aromatic heterocycles. The Labute approximate surface area is 123 Å². The summed E-state index contributed by atoms with van der Waals surface area (Å²) >= 11 is 1.21. The number of para-hydroxylation sites is 1. The summed E-state index contributed by atoms with van der Waals surface area (Å²) in [7, 11) is 1.66. The number of ether oxygens (including phenoxy) is 2. The van der Waals surface area contributed by atoms with Gasteiger partial charge in [-0.15, -0.1) is 0 Å². The van der Waals surface area contributed by atoms with Crippen molar-refractivity contribution in [3.05, 3.63) is 24.3 Å². The molecule has 2 aromatic rings. The van der Waals surface area contributed by atoms with Crippen LogP contribution < -0.4 is 10.1 Å². The third-order valence-electron chi connectivity index (χ3n) is 2.72. The molecule has 0 saturated heterocycles. The van der Waals surface area contributed by atoms with Crippen LogP contribution in [-0.2, 0) is 4.74 Å². The van der Waals surface area contributed by atoms with Crippen LogP contribution in [0.15, 0.2) is 24.3 Å². The van der Waals surface area contributed by atoms with E-state index < -0.39 is 0 Å². The van der Waals surface area contributed by atoms with Crippen LogP contribution in [0.1, 0.15) is 13.3 Å². The molecule has 0 atom stereocenters. The maximum absolute atomic E-state index is 5.74. The number of benzene rings is 1. The molecular formula is C14H19N3O2S. The molecular weight excluding hydrogens is 274 g/mol. The zero-order valence-electron chi connectivity index (χ0n) is 11.8. The Balaban J connectivity index is 2.21. The summed E-state index contributed by atoms with van der Waals surface area (Å²) in [6.07, 6.45) is 1.04. The first-order valence-electron chi connectivity index (χ1n) is 6.64. The van der Waals surface area contributed by atoms with E-state index in [1.54, 1.807) is 7.11 Å². The lowest BCUT2D eigenvalue weighted by Gasteiger charge is -2.10. The number of methoxy groups -OCH3 is 1. The van der Waals surface area contributed by atoms with Crippen molar-refractivity contribution in [2.24, 2.45) is 0 Å². The maximum Gasteiger partial charge on any atom is 0.168 e. The van der Waals surface area contributed by atoms with Gasteiger partial charge in [-0.3, -0.25) is 0 Å². The molecule has 0 unspecified atom stereocenters. The van der Waals surface area contributed by atoms with Gasteiger partial charge in [-0.1, -0.05) is 19.1 Å². The normalized spacial score (nSPS) is 10.5. The number of nitrogens with zero attached hydrogens (tertiary/aromatic N) is 2. The molecule has 5 nitrogen and oxygen atoms in total. The summed E-state index contributed by atoms with van der Waals surface area (Å²) in [6.45, 7) is 4.08. The highest BCUT2D eigenvalue weighted by Gasteiger charge is 2.14. The molecule has 0 saturated carbocycles. The van der Waals surface area contributed by atoms with Crippen LogP contribution >= 0.6 is 11.7 Å². The Morgan fingerprint density at radius 1 is 1.20 bits per heavy atom. The van der Waals surface area contributed by atoms with E-state index in [0.29, 0.717) is 13.2 Å². The molecule has 108 valence electrons. The van der Waals surface area contributed by atoms with Crippen LogP contribution in [0.2, 0.25) is 0 Å². The largest absolute Gasteiger partial charge is 0.490 e. The Kier molecular flexibility index (Phi) is 5.76. The molecule has 0 spiro atoms. The molecule has 0 radical (unpaired) electrons. The molecule has 0 amide bonds. The van der Waals surface area contributed by atoms with E-state index in [2.05, 4.69) is 21.0 Å².